The van der Waals surface area contributed by atoms with Gasteiger partial charge in [-0.3, -0.25) is 9.59 Å². The second kappa shape index (κ2) is 5.62. The Balaban J connectivity index is 2.02. The molecule has 0 unspecified atom stereocenters. The number of esters is 2. The predicted octanol–water partition coefficient (Wildman–Crippen LogP) is 1.43. The van der Waals surface area contributed by atoms with Gasteiger partial charge in [-0.2, -0.15) is 0 Å². The number of hydrogen-bond acceptors (Lipinski definition) is 4. The molecular formula is C10H16O4. The third kappa shape index (κ3) is 4.84. The van der Waals surface area contributed by atoms with Gasteiger partial charge in [-0.1, -0.05) is 13.3 Å². The minimum absolute atomic E-state index is 0.0611. The van der Waals surface area contributed by atoms with E-state index in [-0.39, 0.29) is 12.5 Å². The maximum absolute atomic E-state index is 11.0. The summed E-state index contributed by atoms with van der Waals surface area (Å²) in [6, 6.07) is 0. The molecule has 0 aromatic heterocycles. The lowest BCUT2D eigenvalue weighted by molar-refractivity contribution is -0.155. The van der Waals surface area contributed by atoms with Crippen molar-refractivity contribution in [3.05, 3.63) is 0 Å². The minimum Gasteiger partial charge on any atom is -0.465 e. The van der Waals surface area contributed by atoms with E-state index in [1.165, 1.54) is 0 Å². The molecule has 1 rings (SSSR count). The van der Waals surface area contributed by atoms with Crippen LogP contribution in [0.1, 0.15) is 39.0 Å². The summed E-state index contributed by atoms with van der Waals surface area (Å²) in [6.45, 7) is 2.40. The van der Waals surface area contributed by atoms with E-state index in [9.17, 15) is 9.59 Å². The average molecular weight is 200 g/mol. The number of ether oxygens (including phenoxy) is 2. The Labute approximate surface area is 83.6 Å². The van der Waals surface area contributed by atoms with Gasteiger partial charge in [0.1, 0.15) is 12.5 Å². The van der Waals surface area contributed by atoms with Crippen LogP contribution in [0.3, 0.4) is 0 Å². The van der Waals surface area contributed by atoms with Crippen LogP contribution in [0.25, 0.3) is 0 Å². The predicted molar refractivity (Wildman–Crippen MR) is 49.6 cm³/mol. The zero-order valence-electron chi connectivity index (χ0n) is 8.45. The molecular weight excluding hydrogens is 184 g/mol. The molecule has 1 aliphatic carbocycles. The number of unbranched alkanes of at least 4 members (excludes halogenated alkanes) is 1. The summed E-state index contributed by atoms with van der Waals surface area (Å²) in [5.41, 5.74) is 0. The molecule has 0 aliphatic heterocycles. The molecule has 4 nitrogen and oxygen atoms in total. The summed E-state index contributed by atoms with van der Waals surface area (Å²) < 4.78 is 9.71. The molecule has 80 valence electrons. The van der Waals surface area contributed by atoms with E-state index >= 15 is 0 Å². The molecule has 0 atom stereocenters. The van der Waals surface area contributed by atoms with Crippen molar-refractivity contribution in [2.24, 2.45) is 0 Å². The number of hydrogen-bond donors (Lipinski definition) is 0. The van der Waals surface area contributed by atoms with E-state index in [0.29, 0.717) is 6.61 Å². The molecule has 14 heavy (non-hydrogen) atoms. The van der Waals surface area contributed by atoms with Crippen molar-refractivity contribution in [3.63, 3.8) is 0 Å². The van der Waals surface area contributed by atoms with Crippen LogP contribution in [0.4, 0.5) is 0 Å². The van der Waals surface area contributed by atoms with Crippen LogP contribution >= 0.6 is 0 Å². The van der Waals surface area contributed by atoms with E-state index < -0.39 is 11.9 Å². The summed E-state index contributed by atoms with van der Waals surface area (Å²) in [7, 11) is 0. The Hall–Kier alpha value is -1.06. The van der Waals surface area contributed by atoms with Crippen molar-refractivity contribution >= 4 is 11.9 Å². The van der Waals surface area contributed by atoms with Gasteiger partial charge in [0.15, 0.2) is 0 Å². The molecule has 0 bridgehead atoms. The quantitative estimate of drug-likeness (QED) is 0.369. The summed E-state index contributed by atoms with van der Waals surface area (Å²) in [5, 5.41) is 0. The molecule has 1 aliphatic rings. The van der Waals surface area contributed by atoms with Crippen LogP contribution in [0.15, 0.2) is 0 Å². The standard InChI is InChI=1S/C10H16O4/c1-2-3-6-13-9(11)7-10(12)14-8-4-5-8/h8H,2-7H2,1H3. The van der Waals surface area contributed by atoms with Gasteiger partial charge in [-0.05, 0) is 19.3 Å². The Morgan fingerprint density at radius 2 is 2.00 bits per heavy atom. The largest absolute Gasteiger partial charge is 0.465 e. The van der Waals surface area contributed by atoms with Crippen LogP contribution in [0, 0.1) is 0 Å². The highest BCUT2D eigenvalue weighted by Gasteiger charge is 2.26. The van der Waals surface area contributed by atoms with Gasteiger partial charge >= 0.3 is 11.9 Å². The highest BCUT2D eigenvalue weighted by molar-refractivity contribution is 5.91. The number of carbonyl (C=O) groups is 2. The Morgan fingerprint density at radius 1 is 1.29 bits per heavy atom. The molecule has 0 aromatic rings. The van der Waals surface area contributed by atoms with Gasteiger partial charge < -0.3 is 9.47 Å². The third-order valence-electron chi connectivity index (χ3n) is 1.87. The van der Waals surface area contributed by atoms with Gasteiger partial charge in [0.05, 0.1) is 6.61 Å². The van der Waals surface area contributed by atoms with Crippen LogP contribution in [0.5, 0.6) is 0 Å². The van der Waals surface area contributed by atoms with E-state index in [0.717, 1.165) is 25.7 Å². The van der Waals surface area contributed by atoms with Crippen molar-refractivity contribution in [3.8, 4) is 0 Å². The van der Waals surface area contributed by atoms with Crippen molar-refractivity contribution in [1.29, 1.82) is 0 Å². The third-order valence-corrected chi connectivity index (χ3v) is 1.87. The van der Waals surface area contributed by atoms with E-state index in [1.54, 1.807) is 0 Å². The fraction of sp³-hybridized carbons (Fsp3) is 0.800. The highest BCUT2D eigenvalue weighted by Crippen LogP contribution is 2.23. The highest BCUT2D eigenvalue weighted by atomic mass is 16.6. The summed E-state index contributed by atoms with van der Waals surface area (Å²) >= 11 is 0. The van der Waals surface area contributed by atoms with Gasteiger partial charge in [0.25, 0.3) is 0 Å². The monoisotopic (exact) mass is 200 g/mol. The van der Waals surface area contributed by atoms with Crippen molar-refractivity contribution in [2.75, 3.05) is 6.61 Å². The van der Waals surface area contributed by atoms with Gasteiger partial charge in [0, 0.05) is 0 Å². The summed E-state index contributed by atoms with van der Waals surface area (Å²) in [5.74, 6) is -0.946. The molecule has 0 heterocycles. The molecule has 0 amide bonds. The molecule has 0 N–H and O–H groups in total. The molecule has 1 saturated carbocycles. The second-order valence-electron chi connectivity index (χ2n) is 3.44. The van der Waals surface area contributed by atoms with E-state index in [2.05, 4.69) is 0 Å². The lowest BCUT2D eigenvalue weighted by atomic mass is 10.3. The maximum Gasteiger partial charge on any atom is 0.317 e. The van der Waals surface area contributed by atoms with Gasteiger partial charge in [-0.25, -0.2) is 0 Å². The summed E-state index contributed by atoms with van der Waals surface area (Å²) in [4.78, 5) is 22.0. The van der Waals surface area contributed by atoms with Crippen LogP contribution < -0.4 is 0 Å². The van der Waals surface area contributed by atoms with Crippen LogP contribution in [-0.4, -0.2) is 24.6 Å². The fourth-order valence-electron chi connectivity index (χ4n) is 0.913. The number of rotatable bonds is 6. The lowest BCUT2D eigenvalue weighted by Gasteiger charge is -2.03. The topological polar surface area (TPSA) is 52.6 Å². The van der Waals surface area contributed by atoms with Crippen LogP contribution in [0.2, 0.25) is 0 Å². The van der Waals surface area contributed by atoms with Crippen molar-refractivity contribution in [2.45, 2.75) is 45.1 Å². The zero-order valence-corrected chi connectivity index (χ0v) is 8.45. The second-order valence-corrected chi connectivity index (χ2v) is 3.44. The minimum atomic E-state index is -0.482. The molecule has 4 heteroatoms. The number of carbonyl (C=O) groups excluding carboxylic acids is 2. The van der Waals surface area contributed by atoms with E-state index in [1.807, 2.05) is 6.92 Å². The lowest BCUT2D eigenvalue weighted by Crippen LogP contribution is -2.15. The molecule has 0 radical (unpaired) electrons. The maximum atomic E-state index is 11.0. The van der Waals surface area contributed by atoms with Crippen molar-refractivity contribution < 1.29 is 19.1 Å². The fourth-order valence-corrected chi connectivity index (χ4v) is 0.913. The first-order valence-electron chi connectivity index (χ1n) is 5.07. The Kier molecular flexibility index (Phi) is 4.43. The van der Waals surface area contributed by atoms with Gasteiger partial charge in [-0.15, -0.1) is 0 Å². The van der Waals surface area contributed by atoms with E-state index in [4.69, 9.17) is 9.47 Å². The normalized spacial score (nSPS) is 14.9. The average Bonchev–Trinajstić information content (AvgIpc) is 2.88. The summed E-state index contributed by atoms with van der Waals surface area (Å²) in [6.07, 6.45) is 3.47. The molecule has 0 spiro atoms. The first kappa shape index (κ1) is 11.0. The Bertz CT molecular complexity index is 208. The first-order chi connectivity index (χ1) is 6.72. The molecule has 1 fully saturated rings. The molecule has 0 saturated heterocycles. The smallest absolute Gasteiger partial charge is 0.317 e. The van der Waals surface area contributed by atoms with Gasteiger partial charge in [0.2, 0.25) is 0 Å². The zero-order chi connectivity index (χ0) is 10.4. The molecule has 0 aromatic carbocycles. The van der Waals surface area contributed by atoms with Crippen LogP contribution in [-0.2, 0) is 19.1 Å². The van der Waals surface area contributed by atoms with Crippen molar-refractivity contribution in [1.82, 2.24) is 0 Å². The Morgan fingerprint density at radius 3 is 2.57 bits per heavy atom. The SMILES string of the molecule is CCCCOC(=O)CC(=O)OC1CC1. The first-order valence-corrected chi connectivity index (χ1v) is 5.07.